The maximum absolute atomic E-state index is 13.4. The Balaban J connectivity index is 1.16. The molecule has 1 saturated heterocycles. The number of hydrogen-bond acceptors (Lipinski definition) is 6. The first kappa shape index (κ1) is 24.0. The first-order chi connectivity index (χ1) is 15.9. The van der Waals surface area contributed by atoms with Crippen LogP contribution in [0.25, 0.3) is 11.0 Å². The second-order valence-corrected chi connectivity index (χ2v) is 9.10. The van der Waals surface area contributed by atoms with Crippen molar-refractivity contribution in [1.82, 2.24) is 10.4 Å². The van der Waals surface area contributed by atoms with E-state index in [0.717, 1.165) is 31.3 Å². The molecule has 1 aromatic heterocycles. The van der Waals surface area contributed by atoms with E-state index in [0.29, 0.717) is 41.0 Å². The Morgan fingerprint density at radius 1 is 1.27 bits per heavy atom. The van der Waals surface area contributed by atoms with Gasteiger partial charge in [-0.05, 0) is 55.2 Å². The van der Waals surface area contributed by atoms with E-state index < -0.39 is 11.9 Å². The van der Waals surface area contributed by atoms with E-state index >= 15 is 0 Å². The number of ether oxygens (including phenoxy) is 1. The van der Waals surface area contributed by atoms with Crippen molar-refractivity contribution in [2.45, 2.75) is 25.4 Å². The van der Waals surface area contributed by atoms with Gasteiger partial charge in [0.2, 0.25) is 0 Å². The topological polar surface area (TPSA) is 74.9 Å². The highest BCUT2D eigenvalue weighted by Crippen LogP contribution is 2.26. The van der Waals surface area contributed by atoms with Gasteiger partial charge in [0.15, 0.2) is 11.5 Å². The van der Waals surface area contributed by atoms with Crippen molar-refractivity contribution in [1.29, 1.82) is 0 Å². The van der Waals surface area contributed by atoms with Gasteiger partial charge in [-0.3, -0.25) is 10.2 Å². The third-order valence-electron chi connectivity index (χ3n) is 5.70. The van der Waals surface area contributed by atoms with Crippen LogP contribution in [0, 0.1) is 11.7 Å². The molecule has 1 aliphatic rings. The van der Waals surface area contributed by atoms with Gasteiger partial charge in [0, 0.05) is 42.5 Å². The molecule has 1 fully saturated rings. The van der Waals surface area contributed by atoms with Crippen LogP contribution in [0.2, 0.25) is 10.0 Å². The predicted molar refractivity (Wildman–Crippen MR) is 125 cm³/mol. The fourth-order valence-corrected chi connectivity index (χ4v) is 4.17. The van der Waals surface area contributed by atoms with Gasteiger partial charge >= 0.3 is 0 Å². The molecule has 0 aliphatic carbocycles. The Labute approximate surface area is 201 Å². The highest BCUT2D eigenvalue weighted by Gasteiger charge is 2.24. The lowest BCUT2D eigenvalue weighted by atomic mass is 10.0. The number of hydrogen-bond donors (Lipinski definition) is 2. The van der Waals surface area contributed by atoms with Crippen molar-refractivity contribution in [2.24, 2.45) is 5.92 Å². The van der Waals surface area contributed by atoms with Crippen molar-refractivity contribution < 1.29 is 23.4 Å². The zero-order chi connectivity index (χ0) is 23.4. The van der Waals surface area contributed by atoms with E-state index in [2.05, 4.69) is 5.43 Å². The highest BCUT2D eigenvalue weighted by atomic mass is 35.5. The van der Waals surface area contributed by atoms with E-state index in [-0.39, 0.29) is 17.4 Å². The van der Waals surface area contributed by atoms with Crippen LogP contribution in [0.15, 0.2) is 46.9 Å². The maximum atomic E-state index is 13.4. The summed E-state index contributed by atoms with van der Waals surface area (Å²) in [5.41, 5.74) is 3.86. The average molecular weight is 495 g/mol. The molecule has 33 heavy (non-hydrogen) atoms. The fraction of sp³-hybridized carbons (Fsp3) is 0.375. The minimum Gasteiger partial charge on any atom is -0.491 e. The summed E-state index contributed by atoms with van der Waals surface area (Å²) in [7, 11) is 0. The summed E-state index contributed by atoms with van der Waals surface area (Å²) in [6.45, 7) is 1.96. The molecule has 1 aliphatic heterocycles. The number of benzene rings is 2. The quantitative estimate of drug-likeness (QED) is 0.381. The summed E-state index contributed by atoms with van der Waals surface area (Å²) in [6, 6.07) is 11.2. The number of hydrazine groups is 1. The zero-order valence-corrected chi connectivity index (χ0v) is 19.4. The van der Waals surface area contributed by atoms with E-state index in [9.17, 15) is 14.3 Å². The second-order valence-electron chi connectivity index (χ2n) is 8.26. The van der Waals surface area contributed by atoms with Crippen LogP contribution >= 0.6 is 23.2 Å². The summed E-state index contributed by atoms with van der Waals surface area (Å²) in [6.07, 6.45) is 1.39. The minimum absolute atomic E-state index is 0.0139. The minimum atomic E-state index is -0.758. The lowest BCUT2D eigenvalue weighted by molar-refractivity contribution is 0.0810. The lowest BCUT2D eigenvalue weighted by Crippen LogP contribution is -2.42. The Hall–Kier alpha value is -2.16. The Kier molecular flexibility index (Phi) is 7.88. The van der Waals surface area contributed by atoms with Crippen molar-refractivity contribution in [3.8, 4) is 5.75 Å². The number of aliphatic hydroxyl groups excluding tert-OH is 1. The van der Waals surface area contributed by atoms with Crippen molar-refractivity contribution in [3.05, 3.63) is 64.1 Å². The summed E-state index contributed by atoms with van der Waals surface area (Å²) in [4.78, 5) is 12.5. The number of aliphatic hydroxyl groups is 1. The van der Waals surface area contributed by atoms with Crippen LogP contribution < -0.4 is 10.2 Å². The average Bonchev–Trinajstić information content (AvgIpc) is 3.43. The van der Waals surface area contributed by atoms with Gasteiger partial charge in [-0.15, -0.1) is 0 Å². The van der Waals surface area contributed by atoms with Gasteiger partial charge in [0.25, 0.3) is 0 Å². The standard InChI is InChI=1S/C24H25Cl2FN2O4/c25-17-2-6-23-16(9-17)10-24(33-23)22(31)5-1-15-7-8-29(13-15)28-12-18(30)14-32-19-3-4-20(26)21(27)11-19/h2-4,6,9-11,15,18,28,30H,1,5,7-8,12-14H2. The summed E-state index contributed by atoms with van der Waals surface area (Å²) >= 11 is 11.6. The molecule has 0 spiro atoms. The molecule has 0 amide bonds. The summed E-state index contributed by atoms with van der Waals surface area (Å²) in [5, 5.41) is 13.6. The maximum Gasteiger partial charge on any atom is 0.198 e. The number of fused-ring (bicyclic) bond motifs is 1. The van der Waals surface area contributed by atoms with Crippen molar-refractivity contribution in [2.75, 3.05) is 26.2 Å². The third kappa shape index (κ3) is 6.46. The van der Waals surface area contributed by atoms with E-state index in [4.69, 9.17) is 32.4 Å². The number of ketones is 1. The molecule has 176 valence electrons. The number of carbonyl (C=O) groups is 1. The first-order valence-corrected chi connectivity index (χ1v) is 11.6. The number of rotatable bonds is 10. The zero-order valence-electron chi connectivity index (χ0n) is 17.9. The Bertz CT molecular complexity index is 1120. The lowest BCUT2D eigenvalue weighted by Gasteiger charge is -2.20. The Morgan fingerprint density at radius 2 is 2.12 bits per heavy atom. The molecule has 6 nitrogen and oxygen atoms in total. The molecule has 4 rings (SSSR count). The van der Waals surface area contributed by atoms with Gasteiger partial charge in [-0.1, -0.05) is 23.2 Å². The second kappa shape index (κ2) is 10.8. The fourth-order valence-electron chi connectivity index (χ4n) is 3.87. The first-order valence-electron chi connectivity index (χ1n) is 10.8. The van der Waals surface area contributed by atoms with Crippen LogP contribution in [0.5, 0.6) is 5.75 Å². The van der Waals surface area contributed by atoms with Crippen LogP contribution in [-0.2, 0) is 0 Å². The van der Waals surface area contributed by atoms with Crippen molar-refractivity contribution in [3.63, 3.8) is 0 Å². The van der Waals surface area contributed by atoms with Crippen LogP contribution in [-0.4, -0.2) is 48.2 Å². The molecule has 0 bridgehead atoms. The molecule has 2 N–H and O–H groups in total. The smallest absolute Gasteiger partial charge is 0.198 e. The highest BCUT2D eigenvalue weighted by molar-refractivity contribution is 6.31. The predicted octanol–water partition coefficient (Wildman–Crippen LogP) is 5.11. The molecule has 2 unspecified atom stereocenters. The Morgan fingerprint density at radius 3 is 2.94 bits per heavy atom. The molecular formula is C24H25Cl2FN2O4. The monoisotopic (exact) mass is 494 g/mol. The molecule has 0 radical (unpaired) electrons. The molecule has 3 aromatic rings. The number of nitrogens with one attached hydrogen (secondary N) is 1. The number of carbonyl (C=O) groups excluding carboxylic acids is 1. The summed E-state index contributed by atoms with van der Waals surface area (Å²) < 4.78 is 24.5. The van der Waals surface area contributed by atoms with Crippen LogP contribution in [0.3, 0.4) is 0 Å². The molecule has 2 atom stereocenters. The normalized spacial score (nSPS) is 17.5. The van der Waals surface area contributed by atoms with E-state index in [1.54, 1.807) is 30.3 Å². The largest absolute Gasteiger partial charge is 0.491 e. The molecule has 0 saturated carbocycles. The van der Waals surface area contributed by atoms with Gasteiger partial charge in [-0.25, -0.2) is 9.40 Å². The van der Waals surface area contributed by atoms with Gasteiger partial charge < -0.3 is 14.3 Å². The van der Waals surface area contributed by atoms with Crippen LogP contribution in [0.4, 0.5) is 4.39 Å². The van der Waals surface area contributed by atoms with E-state index in [1.165, 1.54) is 12.1 Å². The molecule has 2 heterocycles. The third-order valence-corrected chi connectivity index (χ3v) is 6.24. The van der Waals surface area contributed by atoms with Crippen molar-refractivity contribution >= 4 is 40.0 Å². The van der Waals surface area contributed by atoms with Gasteiger partial charge in [0.1, 0.15) is 29.9 Å². The van der Waals surface area contributed by atoms with E-state index in [1.807, 2.05) is 5.01 Å². The number of nitrogens with zero attached hydrogens (tertiary/aromatic N) is 1. The number of furan rings is 1. The number of halogens is 3. The van der Waals surface area contributed by atoms with Crippen LogP contribution in [0.1, 0.15) is 29.8 Å². The van der Waals surface area contributed by atoms with Gasteiger partial charge in [-0.2, -0.15) is 0 Å². The molecule has 2 aromatic carbocycles. The molecule has 9 heteroatoms. The summed E-state index contributed by atoms with van der Waals surface area (Å²) in [5.74, 6) is 0.483. The van der Waals surface area contributed by atoms with Gasteiger partial charge in [0.05, 0.1) is 5.02 Å². The SMILES string of the molecule is O=C(CCC1CCN(NCC(O)COc2ccc(Cl)c(F)c2)C1)c1cc2cc(Cl)ccc2o1. The number of Topliss-reactive ketones (excluding diaryl/α,β-unsaturated/α-hetero) is 1. The molecular weight excluding hydrogens is 470 g/mol.